The minimum Gasteiger partial charge on any atom is -0.392 e. The molecule has 0 bridgehead atoms. The molecule has 0 amide bonds. The van der Waals surface area contributed by atoms with Gasteiger partial charge in [-0.1, -0.05) is 0 Å². The van der Waals surface area contributed by atoms with Crippen molar-refractivity contribution in [2.45, 2.75) is 18.9 Å². The number of aliphatic hydroxyl groups is 1. The van der Waals surface area contributed by atoms with Crippen LogP contribution in [0.2, 0.25) is 0 Å². The van der Waals surface area contributed by atoms with E-state index in [4.69, 9.17) is 0 Å². The molecule has 20 heavy (non-hydrogen) atoms. The molecule has 2 rings (SSSR count). The van der Waals surface area contributed by atoms with E-state index in [1.165, 1.54) is 26.2 Å². The summed E-state index contributed by atoms with van der Waals surface area (Å²) in [4.78, 5) is 7.23. The molecule has 2 fully saturated rings. The van der Waals surface area contributed by atoms with Crippen molar-refractivity contribution in [1.82, 2.24) is 25.6 Å². The van der Waals surface area contributed by atoms with Crippen molar-refractivity contribution in [3.05, 3.63) is 0 Å². The third-order valence-electron chi connectivity index (χ3n) is 4.31. The van der Waals surface area contributed by atoms with Crippen molar-refractivity contribution in [1.29, 1.82) is 0 Å². The van der Waals surface area contributed by atoms with Gasteiger partial charge in [0.1, 0.15) is 0 Å². The van der Waals surface area contributed by atoms with Crippen molar-refractivity contribution in [3.8, 4) is 0 Å². The lowest BCUT2D eigenvalue weighted by atomic mass is 10.1. The van der Waals surface area contributed by atoms with Crippen LogP contribution in [0.3, 0.4) is 0 Å². The fourth-order valence-corrected chi connectivity index (χ4v) is 2.91. The molecule has 1 atom stereocenters. The van der Waals surface area contributed by atoms with Crippen LogP contribution in [-0.2, 0) is 0 Å². The molecule has 0 unspecified atom stereocenters. The monoisotopic (exact) mass is 285 g/mol. The van der Waals surface area contributed by atoms with Gasteiger partial charge in [-0.2, -0.15) is 0 Å². The standard InChI is InChI=1S/C14H31N5O/c1-17-9-11-18(12-10-17)7-4-15-16-5-8-19-6-2-3-14(20)13-19/h14-16,20H,2-13H2,1H3/t14-/m1/s1. The van der Waals surface area contributed by atoms with Crippen molar-refractivity contribution >= 4 is 0 Å². The summed E-state index contributed by atoms with van der Waals surface area (Å²) in [6.07, 6.45) is 1.97. The molecule has 2 saturated heterocycles. The molecular formula is C14H31N5O. The number of likely N-dealkylation sites (tertiary alicyclic amines) is 1. The lowest BCUT2D eigenvalue weighted by molar-refractivity contribution is 0.0707. The van der Waals surface area contributed by atoms with E-state index in [1.54, 1.807) is 0 Å². The molecule has 2 aliphatic rings. The molecule has 6 nitrogen and oxygen atoms in total. The first-order valence-corrected chi connectivity index (χ1v) is 8.01. The van der Waals surface area contributed by atoms with Gasteiger partial charge in [0.05, 0.1) is 6.10 Å². The first-order chi connectivity index (χ1) is 9.74. The number of hydrogen-bond donors (Lipinski definition) is 3. The number of likely N-dealkylation sites (N-methyl/N-ethyl adjacent to an activating group) is 1. The Balaban J connectivity index is 1.42. The van der Waals surface area contributed by atoms with Gasteiger partial charge in [-0.15, -0.1) is 0 Å². The third-order valence-corrected chi connectivity index (χ3v) is 4.31. The van der Waals surface area contributed by atoms with Crippen LogP contribution in [0.4, 0.5) is 0 Å². The Bertz CT molecular complexity index is 258. The summed E-state index contributed by atoms with van der Waals surface area (Å²) in [7, 11) is 2.19. The molecule has 2 heterocycles. The molecule has 0 radical (unpaired) electrons. The fraction of sp³-hybridized carbons (Fsp3) is 1.00. The zero-order valence-corrected chi connectivity index (χ0v) is 12.9. The van der Waals surface area contributed by atoms with Crippen molar-refractivity contribution in [2.24, 2.45) is 0 Å². The van der Waals surface area contributed by atoms with Crippen LogP contribution >= 0.6 is 0 Å². The molecule has 2 aliphatic heterocycles. The second kappa shape index (κ2) is 8.92. The quantitative estimate of drug-likeness (QED) is 0.403. The van der Waals surface area contributed by atoms with Crippen LogP contribution in [-0.4, -0.2) is 98.4 Å². The minimum atomic E-state index is -0.117. The lowest BCUT2D eigenvalue weighted by Gasteiger charge is -2.32. The van der Waals surface area contributed by atoms with Crippen LogP contribution < -0.4 is 10.9 Å². The van der Waals surface area contributed by atoms with Gasteiger partial charge in [-0.3, -0.25) is 20.7 Å². The van der Waals surface area contributed by atoms with E-state index in [1.807, 2.05) is 0 Å². The maximum Gasteiger partial charge on any atom is 0.0667 e. The summed E-state index contributed by atoms with van der Waals surface area (Å²) in [5.74, 6) is 0. The first kappa shape index (κ1) is 16.1. The predicted octanol–water partition coefficient (Wildman–Crippen LogP) is -1.22. The van der Waals surface area contributed by atoms with Crippen molar-refractivity contribution in [2.75, 3.05) is 72.5 Å². The van der Waals surface area contributed by atoms with E-state index >= 15 is 0 Å². The number of piperazine rings is 1. The Morgan fingerprint density at radius 1 is 0.950 bits per heavy atom. The predicted molar refractivity (Wildman–Crippen MR) is 81.6 cm³/mol. The highest BCUT2D eigenvalue weighted by Gasteiger charge is 2.16. The summed E-state index contributed by atoms with van der Waals surface area (Å²) in [5.41, 5.74) is 6.59. The topological polar surface area (TPSA) is 54.0 Å². The van der Waals surface area contributed by atoms with Crippen molar-refractivity contribution in [3.63, 3.8) is 0 Å². The first-order valence-electron chi connectivity index (χ1n) is 8.01. The molecule has 0 aromatic rings. The van der Waals surface area contributed by atoms with Crippen molar-refractivity contribution < 1.29 is 5.11 Å². The minimum absolute atomic E-state index is 0.117. The molecule has 0 spiro atoms. The molecular weight excluding hydrogens is 254 g/mol. The molecule has 0 aromatic heterocycles. The number of hydrogen-bond acceptors (Lipinski definition) is 6. The number of nitrogens with zero attached hydrogens (tertiary/aromatic N) is 3. The van der Waals surface area contributed by atoms with Gasteiger partial charge in [-0.05, 0) is 26.4 Å². The van der Waals surface area contributed by atoms with E-state index in [2.05, 4.69) is 32.6 Å². The number of hydrazine groups is 1. The number of rotatable bonds is 7. The Hall–Kier alpha value is -0.240. The zero-order chi connectivity index (χ0) is 14.2. The molecule has 3 N–H and O–H groups in total. The average Bonchev–Trinajstić information content (AvgIpc) is 2.45. The number of β-amino-alcohol motifs (C(OH)–C–C–N with tert-alkyl or cyclic N) is 1. The second-order valence-corrected chi connectivity index (χ2v) is 6.10. The van der Waals surface area contributed by atoms with Gasteiger partial charge in [0.15, 0.2) is 0 Å². The van der Waals surface area contributed by atoms with E-state index in [-0.39, 0.29) is 6.10 Å². The molecule has 118 valence electrons. The SMILES string of the molecule is CN1CCN(CCNNCCN2CCC[C@@H](O)C2)CC1. The van der Waals surface area contributed by atoms with Crippen LogP contribution in [0.15, 0.2) is 0 Å². The van der Waals surface area contributed by atoms with E-state index in [0.717, 1.165) is 52.1 Å². The van der Waals surface area contributed by atoms with Crippen LogP contribution in [0.5, 0.6) is 0 Å². The Morgan fingerprint density at radius 3 is 2.25 bits per heavy atom. The Morgan fingerprint density at radius 2 is 1.60 bits per heavy atom. The van der Waals surface area contributed by atoms with Crippen LogP contribution in [0, 0.1) is 0 Å². The molecule has 0 aliphatic carbocycles. The Labute approximate surface area is 123 Å². The summed E-state index contributed by atoms with van der Waals surface area (Å²) < 4.78 is 0. The van der Waals surface area contributed by atoms with Gasteiger partial charge < -0.3 is 10.0 Å². The van der Waals surface area contributed by atoms with E-state index in [0.29, 0.717) is 0 Å². The number of aliphatic hydroxyl groups excluding tert-OH is 1. The molecule has 6 heteroatoms. The van der Waals surface area contributed by atoms with Gasteiger partial charge in [0, 0.05) is 58.9 Å². The summed E-state index contributed by atoms with van der Waals surface area (Å²) in [6.45, 7) is 10.8. The van der Waals surface area contributed by atoms with Gasteiger partial charge >= 0.3 is 0 Å². The molecule has 0 aromatic carbocycles. The highest BCUT2D eigenvalue weighted by Crippen LogP contribution is 2.08. The molecule has 0 saturated carbocycles. The lowest BCUT2D eigenvalue weighted by Crippen LogP contribution is -2.48. The fourth-order valence-electron chi connectivity index (χ4n) is 2.91. The smallest absolute Gasteiger partial charge is 0.0667 e. The summed E-state index contributed by atoms with van der Waals surface area (Å²) in [5, 5.41) is 9.60. The zero-order valence-electron chi connectivity index (χ0n) is 12.9. The van der Waals surface area contributed by atoms with E-state index < -0.39 is 0 Å². The Kier molecular flexibility index (Phi) is 7.19. The van der Waals surface area contributed by atoms with Gasteiger partial charge in [-0.25, -0.2) is 0 Å². The maximum atomic E-state index is 9.60. The highest BCUT2D eigenvalue weighted by atomic mass is 16.3. The largest absolute Gasteiger partial charge is 0.392 e. The number of nitrogens with one attached hydrogen (secondary N) is 2. The number of piperidine rings is 1. The summed E-state index contributed by atoms with van der Waals surface area (Å²) in [6, 6.07) is 0. The van der Waals surface area contributed by atoms with E-state index in [9.17, 15) is 5.11 Å². The summed E-state index contributed by atoms with van der Waals surface area (Å²) >= 11 is 0. The second-order valence-electron chi connectivity index (χ2n) is 6.10. The average molecular weight is 285 g/mol. The third kappa shape index (κ3) is 6.03. The van der Waals surface area contributed by atoms with Crippen LogP contribution in [0.25, 0.3) is 0 Å². The van der Waals surface area contributed by atoms with Crippen LogP contribution in [0.1, 0.15) is 12.8 Å². The maximum absolute atomic E-state index is 9.60. The highest BCUT2D eigenvalue weighted by molar-refractivity contribution is 4.72. The van der Waals surface area contributed by atoms with Gasteiger partial charge in [0.2, 0.25) is 0 Å². The van der Waals surface area contributed by atoms with Gasteiger partial charge in [0.25, 0.3) is 0 Å². The normalized spacial score (nSPS) is 27.0.